The Labute approximate surface area is 124 Å². The number of carbonyl (C=O) groups excluding carboxylic acids is 2. The number of hydrogen-bond donors (Lipinski definition) is 1. The summed E-state index contributed by atoms with van der Waals surface area (Å²) in [7, 11) is 1.58. The van der Waals surface area contributed by atoms with Crippen LogP contribution in [0.5, 0.6) is 5.75 Å². The number of hydrogen-bond acceptors (Lipinski definition) is 5. The number of allylic oxidation sites excluding steroid dienone is 1. The minimum atomic E-state index is -0.742. The van der Waals surface area contributed by atoms with Gasteiger partial charge in [-0.05, 0) is 37.6 Å². The Morgan fingerprint density at radius 1 is 1.38 bits per heavy atom. The van der Waals surface area contributed by atoms with Gasteiger partial charge in [-0.25, -0.2) is 4.79 Å². The highest BCUT2D eigenvalue weighted by Gasteiger charge is 2.28. The third-order valence-corrected chi connectivity index (χ3v) is 2.99. The van der Waals surface area contributed by atoms with E-state index in [0.29, 0.717) is 17.9 Å². The second kappa shape index (κ2) is 8.79. The van der Waals surface area contributed by atoms with Crippen LogP contribution in [0.4, 0.5) is 5.69 Å². The molecule has 21 heavy (non-hydrogen) atoms. The van der Waals surface area contributed by atoms with Crippen molar-refractivity contribution in [1.82, 2.24) is 0 Å². The van der Waals surface area contributed by atoms with Crippen LogP contribution in [0, 0.1) is 5.92 Å². The van der Waals surface area contributed by atoms with E-state index in [1.165, 1.54) is 0 Å². The first-order valence-corrected chi connectivity index (χ1v) is 6.79. The molecule has 0 radical (unpaired) electrons. The average molecular weight is 291 g/mol. The van der Waals surface area contributed by atoms with E-state index in [1.54, 1.807) is 44.4 Å². The first kappa shape index (κ1) is 16.8. The monoisotopic (exact) mass is 291 g/mol. The number of benzene rings is 1. The zero-order chi connectivity index (χ0) is 15.7. The quantitative estimate of drug-likeness (QED) is 0.430. The van der Waals surface area contributed by atoms with Gasteiger partial charge in [0.2, 0.25) is 0 Å². The molecule has 0 aromatic heterocycles. The van der Waals surface area contributed by atoms with Crippen molar-refractivity contribution in [1.29, 1.82) is 0 Å². The Morgan fingerprint density at radius 2 is 2.05 bits per heavy atom. The van der Waals surface area contributed by atoms with Gasteiger partial charge in [0.25, 0.3) is 0 Å². The number of carbonyl (C=O) groups is 2. The molecular weight excluding hydrogens is 270 g/mol. The van der Waals surface area contributed by atoms with Crippen LogP contribution in [0.15, 0.2) is 36.9 Å². The van der Waals surface area contributed by atoms with E-state index >= 15 is 0 Å². The lowest BCUT2D eigenvalue weighted by Crippen LogP contribution is -2.39. The second-order valence-electron chi connectivity index (χ2n) is 4.43. The van der Waals surface area contributed by atoms with Gasteiger partial charge in [-0.15, -0.1) is 6.58 Å². The minimum Gasteiger partial charge on any atom is -0.497 e. The summed E-state index contributed by atoms with van der Waals surface area (Å²) in [4.78, 5) is 23.3. The van der Waals surface area contributed by atoms with Crippen LogP contribution in [-0.2, 0) is 14.3 Å². The molecule has 0 fully saturated rings. The Balaban J connectivity index is 2.91. The van der Waals surface area contributed by atoms with Crippen molar-refractivity contribution in [2.45, 2.75) is 19.4 Å². The van der Waals surface area contributed by atoms with Crippen molar-refractivity contribution < 1.29 is 19.1 Å². The highest BCUT2D eigenvalue weighted by molar-refractivity contribution is 5.83. The summed E-state index contributed by atoms with van der Waals surface area (Å²) in [5.74, 6) is -0.262. The number of aldehydes is 1. The predicted molar refractivity (Wildman–Crippen MR) is 81.4 cm³/mol. The van der Waals surface area contributed by atoms with Crippen LogP contribution in [-0.4, -0.2) is 32.0 Å². The maximum atomic E-state index is 12.0. The molecule has 0 aliphatic rings. The number of ether oxygens (including phenoxy) is 2. The first-order valence-electron chi connectivity index (χ1n) is 6.79. The van der Waals surface area contributed by atoms with Crippen LogP contribution >= 0.6 is 0 Å². The summed E-state index contributed by atoms with van der Waals surface area (Å²) in [5.41, 5.74) is 0.713. The van der Waals surface area contributed by atoms with Gasteiger partial charge in [0.05, 0.1) is 13.7 Å². The number of esters is 1. The van der Waals surface area contributed by atoms with Crippen molar-refractivity contribution in [2.24, 2.45) is 5.92 Å². The van der Waals surface area contributed by atoms with E-state index in [0.717, 1.165) is 6.29 Å². The van der Waals surface area contributed by atoms with Crippen LogP contribution < -0.4 is 10.1 Å². The van der Waals surface area contributed by atoms with Crippen LogP contribution in [0.25, 0.3) is 0 Å². The molecule has 0 unspecified atom stereocenters. The Bertz CT molecular complexity index is 470. The highest BCUT2D eigenvalue weighted by Crippen LogP contribution is 2.19. The fraction of sp³-hybridized carbons (Fsp3) is 0.375. The lowest BCUT2D eigenvalue weighted by atomic mass is 9.97. The van der Waals surface area contributed by atoms with Crippen molar-refractivity contribution >= 4 is 17.9 Å². The molecule has 0 spiro atoms. The average Bonchev–Trinajstić information content (AvgIpc) is 2.51. The van der Waals surface area contributed by atoms with Gasteiger partial charge in [0.15, 0.2) is 0 Å². The molecule has 0 saturated heterocycles. The van der Waals surface area contributed by atoms with Crippen LogP contribution in [0.3, 0.4) is 0 Å². The Kier molecular flexibility index (Phi) is 7.01. The lowest BCUT2D eigenvalue weighted by Gasteiger charge is -2.22. The molecule has 1 aromatic rings. The van der Waals surface area contributed by atoms with Crippen LogP contribution in [0.2, 0.25) is 0 Å². The van der Waals surface area contributed by atoms with Crippen LogP contribution in [0.1, 0.15) is 13.3 Å². The molecule has 0 bridgehead atoms. The van der Waals surface area contributed by atoms with Gasteiger partial charge in [-0.1, -0.05) is 6.08 Å². The molecule has 0 amide bonds. The number of nitrogens with one attached hydrogen (secondary N) is 1. The minimum absolute atomic E-state index is 0.263. The molecule has 114 valence electrons. The Morgan fingerprint density at radius 3 is 2.52 bits per heavy atom. The molecule has 1 aromatic carbocycles. The molecule has 0 aliphatic carbocycles. The molecule has 5 nitrogen and oxygen atoms in total. The van der Waals surface area contributed by atoms with E-state index in [1.807, 2.05) is 0 Å². The SMILES string of the molecule is C=CC[C@H](C=O)[C@H](Nc1ccc(OC)cc1)C(=O)OCC. The second-order valence-corrected chi connectivity index (χ2v) is 4.43. The van der Waals surface area contributed by atoms with Crippen molar-refractivity contribution in [3.63, 3.8) is 0 Å². The number of anilines is 1. The largest absolute Gasteiger partial charge is 0.497 e. The predicted octanol–water partition coefficient (Wildman–Crippen LogP) is 2.43. The summed E-state index contributed by atoms with van der Waals surface area (Å²) in [6, 6.07) is 6.36. The van der Waals surface area contributed by atoms with Crippen molar-refractivity contribution in [2.75, 3.05) is 19.0 Å². The summed E-state index contributed by atoms with van der Waals surface area (Å²) >= 11 is 0. The Hall–Kier alpha value is -2.30. The smallest absolute Gasteiger partial charge is 0.329 e. The standard InChI is InChI=1S/C16H21NO4/c1-4-6-12(11-18)15(16(19)21-5-2)17-13-7-9-14(20-3)10-8-13/h4,7-12,15,17H,1,5-6H2,2-3H3/t12-,15+/m1/s1. The van der Waals surface area contributed by atoms with E-state index in [-0.39, 0.29) is 6.61 Å². The first-order chi connectivity index (χ1) is 10.2. The maximum absolute atomic E-state index is 12.0. The lowest BCUT2D eigenvalue weighted by molar-refractivity contribution is -0.146. The van der Waals surface area contributed by atoms with Crippen molar-refractivity contribution in [3.05, 3.63) is 36.9 Å². The molecule has 1 N–H and O–H groups in total. The third kappa shape index (κ3) is 4.95. The molecule has 0 saturated carbocycles. The topological polar surface area (TPSA) is 64.6 Å². The highest BCUT2D eigenvalue weighted by atomic mass is 16.5. The number of rotatable bonds is 9. The van der Waals surface area contributed by atoms with E-state index in [9.17, 15) is 9.59 Å². The zero-order valence-corrected chi connectivity index (χ0v) is 12.4. The van der Waals surface area contributed by atoms with E-state index < -0.39 is 17.9 Å². The summed E-state index contributed by atoms with van der Waals surface area (Å²) in [6.45, 7) is 5.60. The van der Waals surface area contributed by atoms with Gasteiger partial charge in [-0.2, -0.15) is 0 Å². The van der Waals surface area contributed by atoms with Gasteiger partial charge in [-0.3, -0.25) is 0 Å². The summed E-state index contributed by atoms with van der Waals surface area (Å²) < 4.78 is 10.1. The molecule has 0 aliphatic heterocycles. The fourth-order valence-corrected chi connectivity index (χ4v) is 1.90. The van der Waals surface area contributed by atoms with Gasteiger partial charge >= 0.3 is 5.97 Å². The van der Waals surface area contributed by atoms with Gasteiger partial charge < -0.3 is 19.6 Å². The van der Waals surface area contributed by atoms with E-state index in [4.69, 9.17) is 9.47 Å². The molecule has 1 rings (SSSR count). The van der Waals surface area contributed by atoms with Gasteiger partial charge in [0.1, 0.15) is 18.1 Å². The molecule has 2 atom stereocenters. The van der Waals surface area contributed by atoms with Gasteiger partial charge in [0, 0.05) is 11.6 Å². The number of methoxy groups -OCH3 is 1. The molecule has 0 heterocycles. The molecular formula is C16H21NO4. The summed E-state index contributed by atoms with van der Waals surface area (Å²) in [6.07, 6.45) is 2.76. The zero-order valence-electron chi connectivity index (χ0n) is 12.4. The maximum Gasteiger partial charge on any atom is 0.329 e. The fourth-order valence-electron chi connectivity index (χ4n) is 1.90. The van der Waals surface area contributed by atoms with Crippen molar-refractivity contribution in [3.8, 4) is 5.75 Å². The van der Waals surface area contributed by atoms with E-state index in [2.05, 4.69) is 11.9 Å². The molecule has 5 heteroatoms. The third-order valence-electron chi connectivity index (χ3n) is 2.99. The normalized spacial score (nSPS) is 12.9. The summed E-state index contributed by atoms with van der Waals surface area (Å²) in [5, 5.41) is 3.04.